The first-order chi connectivity index (χ1) is 9.36. The summed E-state index contributed by atoms with van der Waals surface area (Å²) in [5.74, 6) is 0. The van der Waals surface area contributed by atoms with Crippen molar-refractivity contribution in [1.82, 2.24) is 14.2 Å². The summed E-state index contributed by atoms with van der Waals surface area (Å²) in [5, 5.41) is 0. The van der Waals surface area contributed by atoms with Gasteiger partial charge < -0.3 is 5.73 Å². The molecule has 0 aliphatic carbocycles. The summed E-state index contributed by atoms with van der Waals surface area (Å²) in [4.78, 5) is 6.50. The summed E-state index contributed by atoms with van der Waals surface area (Å²) in [6.07, 6.45) is 1.39. The predicted octanol–water partition coefficient (Wildman–Crippen LogP) is 0.253. The van der Waals surface area contributed by atoms with Crippen LogP contribution in [0, 0.1) is 0 Å². The molecule has 1 aromatic rings. The molecule has 0 bridgehead atoms. The Hall–Kier alpha value is -1.02. The predicted molar refractivity (Wildman–Crippen MR) is 77.6 cm³/mol. The topological polar surface area (TPSA) is 79.5 Å². The Labute approximate surface area is 120 Å². The Kier molecular flexibility index (Phi) is 4.43. The second-order valence-electron chi connectivity index (χ2n) is 5.37. The van der Waals surface area contributed by atoms with Crippen molar-refractivity contribution in [2.75, 3.05) is 20.1 Å². The summed E-state index contributed by atoms with van der Waals surface area (Å²) in [6.45, 7) is 5.38. The fourth-order valence-electron chi connectivity index (χ4n) is 2.39. The van der Waals surface area contributed by atoms with Crippen molar-refractivity contribution < 1.29 is 8.42 Å². The number of nitrogens with zero attached hydrogens (tertiary/aromatic N) is 3. The van der Waals surface area contributed by atoms with Crippen LogP contribution in [0.25, 0.3) is 0 Å². The van der Waals surface area contributed by atoms with Crippen molar-refractivity contribution in [3.8, 4) is 0 Å². The van der Waals surface area contributed by atoms with Gasteiger partial charge in [0.1, 0.15) is 4.90 Å². The van der Waals surface area contributed by atoms with Gasteiger partial charge in [-0.15, -0.1) is 0 Å². The zero-order valence-electron chi connectivity index (χ0n) is 12.2. The van der Waals surface area contributed by atoms with Gasteiger partial charge in [-0.3, -0.25) is 9.88 Å². The van der Waals surface area contributed by atoms with Crippen LogP contribution in [-0.4, -0.2) is 54.8 Å². The maximum Gasteiger partial charge on any atom is 0.244 e. The van der Waals surface area contributed by atoms with Crippen LogP contribution in [0.5, 0.6) is 0 Å². The summed E-state index contributed by atoms with van der Waals surface area (Å²) < 4.78 is 26.8. The zero-order valence-corrected chi connectivity index (χ0v) is 13.0. The fraction of sp³-hybridized carbons (Fsp3) is 0.615. The molecular weight excluding hydrogens is 276 g/mol. The second kappa shape index (κ2) is 5.77. The lowest BCUT2D eigenvalue weighted by atomic mass is 10.1. The molecule has 0 aromatic carbocycles. The quantitative estimate of drug-likeness (QED) is 0.865. The molecule has 7 heteroatoms. The van der Waals surface area contributed by atoms with Gasteiger partial charge in [-0.1, -0.05) is 0 Å². The van der Waals surface area contributed by atoms with Crippen molar-refractivity contribution >= 4 is 10.0 Å². The molecule has 2 unspecified atom stereocenters. The molecular formula is C13H22N4O2S. The molecule has 1 aliphatic rings. The third-order valence-corrected chi connectivity index (χ3v) is 5.79. The molecule has 2 N–H and O–H groups in total. The first-order valence-electron chi connectivity index (χ1n) is 6.73. The van der Waals surface area contributed by atoms with E-state index >= 15 is 0 Å². The molecule has 1 aliphatic heterocycles. The maximum atomic E-state index is 12.6. The minimum Gasteiger partial charge on any atom is -0.325 e. The summed E-state index contributed by atoms with van der Waals surface area (Å²) in [6, 6.07) is 3.64. The van der Waals surface area contributed by atoms with Crippen molar-refractivity contribution in [3.63, 3.8) is 0 Å². The smallest absolute Gasteiger partial charge is 0.244 e. The Balaban J connectivity index is 2.25. The van der Waals surface area contributed by atoms with E-state index in [1.807, 2.05) is 20.9 Å². The largest absolute Gasteiger partial charge is 0.325 e. The van der Waals surface area contributed by atoms with Crippen LogP contribution in [-0.2, 0) is 16.6 Å². The summed E-state index contributed by atoms with van der Waals surface area (Å²) in [7, 11) is -1.45. The average Bonchev–Trinajstić information content (AvgIpc) is 2.44. The number of rotatable bonds is 3. The molecule has 2 rings (SSSR count). The molecule has 2 heterocycles. The number of sulfonamides is 1. The first kappa shape index (κ1) is 15.4. The number of likely N-dealkylation sites (N-methyl/N-ethyl adjacent to an activating group) is 1. The van der Waals surface area contributed by atoms with Gasteiger partial charge in [0, 0.05) is 37.9 Å². The normalized spacial score (nSPS) is 25.8. The molecule has 0 spiro atoms. The molecule has 0 radical (unpaired) electrons. The van der Waals surface area contributed by atoms with Crippen molar-refractivity contribution in [3.05, 3.63) is 24.0 Å². The minimum atomic E-state index is -3.47. The molecule has 1 saturated heterocycles. The van der Waals surface area contributed by atoms with Crippen molar-refractivity contribution in [2.45, 2.75) is 37.4 Å². The number of hydrogen-bond acceptors (Lipinski definition) is 5. The van der Waals surface area contributed by atoms with E-state index in [-0.39, 0.29) is 17.0 Å². The van der Waals surface area contributed by atoms with Crippen LogP contribution < -0.4 is 5.73 Å². The van der Waals surface area contributed by atoms with Crippen molar-refractivity contribution in [1.29, 1.82) is 0 Å². The molecule has 112 valence electrons. The Morgan fingerprint density at radius 1 is 1.30 bits per heavy atom. The fourth-order valence-corrected chi connectivity index (χ4v) is 3.93. The van der Waals surface area contributed by atoms with E-state index in [0.717, 1.165) is 0 Å². The highest BCUT2D eigenvalue weighted by Gasteiger charge is 2.34. The zero-order chi connectivity index (χ0) is 14.9. The number of nitrogens with two attached hydrogens (primary N) is 1. The maximum absolute atomic E-state index is 12.6. The van der Waals surface area contributed by atoms with E-state index in [0.29, 0.717) is 25.3 Å². The highest BCUT2D eigenvalue weighted by molar-refractivity contribution is 7.89. The third-order valence-electron chi connectivity index (χ3n) is 3.97. The molecule has 1 aromatic heterocycles. The van der Waals surface area contributed by atoms with Crippen LogP contribution in [0.15, 0.2) is 23.2 Å². The third kappa shape index (κ3) is 2.85. The SMILES string of the molecule is CC1CN(S(=O)(=O)c2ccc(CN)nc2)CC(C)N1C. The van der Waals surface area contributed by atoms with Gasteiger partial charge in [0.2, 0.25) is 10.0 Å². The Morgan fingerprint density at radius 3 is 2.35 bits per heavy atom. The van der Waals surface area contributed by atoms with Gasteiger partial charge in [0.15, 0.2) is 0 Å². The number of piperazine rings is 1. The Morgan fingerprint density at radius 2 is 1.90 bits per heavy atom. The lowest BCUT2D eigenvalue weighted by Crippen LogP contribution is -2.56. The van der Waals surface area contributed by atoms with Gasteiger partial charge in [0.05, 0.1) is 5.69 Å². The number of hydrogen-bond donors (Lipinski definition) is 1. The van der Waals surface area contributed by atoms with E-state index in [4.69, 9.17) is 5.73 Å². The van der Waals surface area contributed by atoms with E-state index in [1.165, 1.54) is 6.20 Å². The lowest BCUT2D eigenvalue weighted by Gasteiger charge is -2.41. The number of aromatic nitrogens is 1. The van der Waals surface area contributed by atoms with Crippen molar-refractivity contribution in [2.24, 2.45) is 5.73 Å². The first-order valence-corrected chi connectivity index (χ1v) is 8.17. The van der Waals surface area contributed by atoms with Gasteiger partial charge in [-0.25, -0.2) is 8.42 Å². The van der Waals surface area contributed by atoms with Crippen LogP contribution >= 0.6 is 0 Å². The van der Waals surface area contributed by atoms with Crippen LogP contribution in [0.4, 0.5) is 0 Å². The van der Waals surface area contributed by atoms with Crippen LogP contribution in [0.3, 0.4) is 0 Å². The molecule has 2 atom stereocenters. The van der Waals surface area contributed by atoms with Gasteiger partial charge in [-0.2, -0.15) is 4.31 Å². The molecule has 1 fully saturated rings. The van der Waals surface area contributed by atoms with E-state index in [2.05, 4.69) is 9.88 Å². The van der Waals surface area contributed by atoms with E-state index in [9.17, 15) is 8.42 Å². The van der Waals surface area contributed by atoms with Gasteiger partial charge >= 0.3 is 0 Å². The number of pyridine rings is 1. The highest BCUT2D eigenvalue weighted by Crippen LogP contribution is 2.21. The average molecular weight is 298 g/mol. The molecule has 0 saturated carbocycles. The molecule has 0 amide bonds. The summed E-state index contributed by atoms with van der Waals surface area (Å²) >= 11 is 0. The highest BCUT2D eigenvalue weighted by atomic mass is 32.2. The minimum absolute atomic E-state index is 0.199. The monoisotopic (exact) mass is 298 g/mol. The van der Waals surface area contributed by atoms with Crippen LogP contribution in [0.2, 0.25) is 0 Å². The van der Waals surface area contributed by atoms with Crippen LogP contribution in [0.1, 0.15) is 19.5 Å². The molecule has 20 heavy (non-hydrogen) atoms. The van der Waals surface area contributed by atoms with Gasteiger partial charge in [0.25, 0.3) is 0 Å². The Bertz CT molecular complexity index is 546. The lowest BCUT2D eigenvalue weighted by molar-refractivity contribution is 0.105. The summed E-state index contributed by atoms with van der Waals surface area (Å²) in [5.41, 5.74) is 6.16. The van der Waals surface area contributed by atoms with Gasteiger partial charge in [-0.05, 0) is 33.0 Å². The second-order valence-corrected chi connectivity index (χ2v) is 7.31. The van der Waals surface area contributed by atoms with E-state index in [1.54, 1.807) is 16.4 Å². The van der Waals surface area contributed by atoms with E-state index < -0.39 is 10.0 Å². The standard InChI is InChI=1S/C13H22N4O2S/c1-10-8-17(9-11(2)16(10)3)20(18,19)13-5-4-12(6-14)15-7-13/h4-5,7,10-11H,6,8-9,14H2,1-3H3. The molecule has 6 nitrogen and oxygen atoms in total.